The number of ether oxygens (including phenoxy) is 1. The normalized spacial score (nSPS) is 23.6. The summed E-state index contributed by atoms with van der Waals surface area (Å²) in [6.45, 7) is 2.61. The van der Waals surface area contributed by atoms with Gasteiger partial charge in [-0.05, 0) is 158 Å². The van der Waals surface area contributed by atoms with Crippen LogP contribution in [-0.2, 0) is 35.3 Å². The van der Waals surface area contributed by atoms with Gasteiger partial charge in [-0.2, -0.15) is 0 Å². The number of nitrogens with one attached hydrogen (secondary N) is 3. The number of Topliss-reactive ketones (excluding diaryl/α,β-unsaturated/α-hetero) is 1. The number of nitrogens with two attached hydrogens (primary N) is 1. The first kappa shape index (κ1) is 43.3. The smallest absolute Gasteiger partial charge is 0.186 e. The number of carbonyl (C=O) groups excluding carboxylic acids is 2. The zero-order chi connectivity index (χ0) is 41.7. The molecule has 0 radical (unpaired) electrons. The highest BCUT2D eigenvalue weighted by Gasteiger charge is 2.44. The molecule has 9 nitrogen and oxygen atoms in total. The summed E-state index contributed by atoms with van der Waals surface area (Å²) in [6.07, 6.45) is 22.5. The predicted octanol–water partition coefficient (Wildman–Crippen LogP) is 7.26. The molecule has 3 aromatic carbocycles. The van der Waals surface area contributed by atoms with Crippen LogP contribution in [0.25, 0.3) is 6.08 Å². The minimum absolute atomic E-state index is 0.0404. The summed E-state index contributed by atoms with van der Waals surface area (Å²) >= 11 is 0. The summed E-state index contributed by atoms with van der Waals surface area (Å²) in [4.78, 5) is 26.1. The van der Waals surface area contributed by atoms with E-state index >= 15 is 0 Å². The van der Waals surface area contributed by atoms with E-state index in [0.717, 1.165) is 93.1 Å². The van der Waals surface area contributed by atoms with E-state index in [1.807, 2.05) is 18.3 Å². The molecular weight excluding hydrogens is 749 g/mol. The Bertz CT molecular complexity index is 2040. The molecule has 60 heavy (non-hydrogen) atoms. The van der Waals surface area contributed by atoms with Gasteiger partial charge < -0.3 is 36.6 Å². The SMILES string of the molecule is NC1C=C(CCc2cccc(CCc3ccccc3)c2)C(Cc2cc(O)c(OCO)cc2/C=C/C(=O)CC(=O)CCCCC[C@H]2[C@H]3CCNC[C@H]3C[C@@H]3C=CCN[C@@H]23)=CN1. The number of piperidine rings is 1. The minimum Gasteiger partial charge on any atom is -0.504 e. The number of benzene rings is 3. The van der Waals surface area contributed by atoms with Crippen LogP contribution < -0.4 is 26.4 Å². The predicted molar refractivity (Wildman–Crippen MR) is 239 cm³/mol. The second-order valence-electron chi connectivity index (χ2n) is 17.3. The lowest BCUT2D eigenvalue weighted by Gasteiger charge is -2.50. The molecule has 7 rings (SSSR count). The zero-order valence-electron chi connectivity index (χ0n) is 35.0. The van der Waals surface area contributed by atoms with Gasteiger partial charge in [-0.3, -0.25) is 9.59 Å². The van der Waals surface area contributed by atoms with Crippen molar-refractivity contribution >= 4 is 17.6 Å². The fraction of sp³-hybridized carbons (Fsp3) is 0.451. The lowest BCUT2D eigenvalue weighted by molar-refractivity contribution is -0.124. The van der Waals surface area contributed by atoms with Gasteiger partial charge in [-0.1, -0.05) is 85.7 Å². The van der Waals surface area contributed by atoms with Crippen molar-refractivity contribution in [1.29, 1.82) is 0 Å². The Morgan fingerprint density at radius 3 is 2.55 bits per heavy atom. The van der Waals surface area contributed by atoms with E-state index in [1.165, 1.54) is 42.0 Å². The maximum absolute atomic E-state index is 13.1. The summed E-state index contributed by atoms with van der Waals surface area (Å²) in [7, 11) is 0. The first-order chi connectivity index (χ1) is 29.3. The summed E-state index contributed by atoms with van der Waals surface area (Å²) < 4.78 is 5.29. The number of unbranched alkanes of at least 4 members (excludes halogenated alkanes) is 2. The van der Waals surface area contributed by atoms with E-state index in [9.17, 15) is 19.8 Å². The van der Waals surface area contributed by atoms with Gasteiger partial charge in [0.2, 0.25) is 0 Å². The van der Waals surface area contributed by atoms with Crippen LogP contribution in [0.3, 0.4) is 0 Å². The Morgan fingerprint density at radius 2 is 1.72 bits per heavy atom. The van der Waals surface area contributed by atoms with E-state index < -0.39 is 6.79 Å². The standard InChI is InChI=1S/C51H64N4O5/c52-50-30-39(19-18-37-12-7-11-36(25-37)17-16-35-9-3-1-4-10-35)42(33-55-50)27-41-28-48(59)49(60-34-56)29-38(41)20-21-45(58)31-44(57)14-5-2-6-15-47-46-22-24-53-32-43(46)26-40-13-8-23-54-51(40)47/h1,3-4,7-13,20-21,25,28-30,33,40,43,46-47,50-51,53-56,59H,2,5-6,14-19,22-24,26-27,31-32,34,52H2/b21-20+/t40-,43+,46-,47-,50?,51+/m0/s1. The quantitative estimate of drug-likeness (QED) is 0.0228. The third kappa shape index (κ3) is 11.9. The maximum atomic E-state index is 13.1. The Kier molecular flexibility index (Phi) is 15.6. The molecule has 0 amide bonds. The van der Waals surface area contributed by atoms with Crippen molar-refractivity contribution in [2.75, 3.05) is 26.4 Å². The number of hydrogen-bond acceptors (Lipinski definition) is 9. The van der Waals surface area contributed by atoms with E-state index in [0.29, 0.717) is 36.3 Å². The van der Waals surface area contributed by atoms with Crippen LogP contribution in [-0.4, -0.2) is 60.4 Å². The van der Waals surface area contributed by atoms with Gasteiger partial charge in [-0.25, -0.2) is 0 Å². The Hall–Kier alpha value is -4.80. The van der Waals surface area contributed by atoms with Crippen LogP contribution in [0.1, 0.15) is 85.6 Å². The number of aryl methyl sites for hydroxylation is 3. The molecule has 318 valence electrons. The fourth-order valence-electron chi connectivity index (χ4n) is 10.1. The average molecular weight is 813 g/mol. The van der Waals surface area contributed by atoms with E-state index in [1.54, 1.807) is 18.2 Å². The molecular formula is C51H64N4O5. The number of ketones is 2. The van der Waals surface area contributed by atoms with Crippen LogP contribution in [0.15, 0.2) is 108 Å². The number of rotatable bonds is 20. The number of aliphatic hydroxyl groups is 1. The number of aromatic hydroxyl groups is 1. The van der Waals surface area contributed by atoms with Gasteiger partial charge in [0.15, 0.2) is 24.1 Å². The number of aliphatic hydroxyl groups excluding tert-OH is 1. The number of dihydropyridines is 1. The molecule has 3 heterocycles. The van der Waals surface area contributed by atoms with Gasteiger partial charge in [0.1, 0.15) is 5.78 Å². The van der Waals surface area contributed by atoms with Crippen molar-refractivity contribution in [3.8, 4) is 11.5 Å². The molecule has 1 aliphatic carbocycles. The molecule has 9 heteroatoms. The van der Waals surface area contributed by atoms with Crippen molar-refractivity contribution in [2.24, 2.45) is 29.4 Å². The van der Waals surface area contributed by atoms with Gasteiger partial charge in [0.05, 0.1) is 12.6 Å². The molecule has 6 atom stereocenters. The highest BCUT2D eigenvalue weighted by atomic mass is 16.6. The lowest BCUT2D eigenvalue weighted by atomic mass is 9.61. The van der Waals surface area contributed by atoms with Gasteiger partial charge in [0, 0.05) is 25.2 Å². The zero-order valence-corrected chi connectivity index (χ0v) is 35.0. The Morgan fingerprint density at radius 1 is 0.917 bits per heavy atom. The lowest BCUT2D eigenvalue weighted by Crippen LogP contribution is -2.55. The van der Waals surface area contributed by atoms with Crippen molar-refractivity contribution in [2.45, 2.75) is 95.7 Å². The molecule has 2 fully saturated rings. The fourth-order valence-corrected chi connectivity index (χ4v) is 10.1. The number of phenolic OH excluding ortho intramolecular Hbond substituents is 1. The first-order valence-corrected chi connectivity index (χ1v) is 22.3. The molecule has 7 N–H and O–H groups in total. The van der Waals surface area contributed by atoms with Crippen LogP contribution in [0.5, 0.6) is 11.5 Å². The van der Waals surface area contributed by atoms with Crippen molar-refractivity contribution in [3.05, 3.63) is 136 Å². The summed E-state index contributed by atoms with van der Waals surface area (Å²) in [5.41, 5.74) is 13.8. The average Bonchev–Trinajstić information content (AvgIpc) is 3.26. The van der Waals surface area contributed by atoms with E-state index in [2.05, 4.69) is 76.6 Å². The van der Waals surface area contributed by atoms with Gasteiger partial charge in [0.25, 0.3) is 0 Å². The number of hydrogen-bond donors (Lipinski definition) is 6. The van der Waals surface area contributed by atoms with Gasteiger partial charge in [-0.15, -0.1) is 0 Å². The molecule has 1 saturated carbocycles. The molecule has 3 aliphatic heterocycles. The molecule has 4 aliphatic rings. The molecule has 0 bridgehead atoms. The Labute approximate surface area is 356 Å². The molecule has 3 aromatic rings. The second kappa shape index (κ2) is 21.6. The number of phenols is 1. The molecule has 0 aromatic heterocycles. The second-order valence-corrected chi connectivity index (χ2v) is 17.3. The minimum atomic E-state index is -0.606. The summed E-state index contributed by atoms with van der Waals surface area (Å²) in [5.74, 6) is 2.54. The van der Waals surface area contributed by atoms with Crippen LogP contribution in [0, 0.1) is 23.7 Å². The topological polar surface area (TPSA) is 146 Å². The molecule has 1 unspecified atom stereocenters. The van der Waals surface area contributed by atoms with Crippen LogP contribution in [0.2, 0.25) is 0 Å². The number of fused-ring (bicyclic) bond motifs is 2. The maximum Gasteiger partial charge on any atom is 0.186 e. The van der Waals surface area contributed by atoms with Crippen molar-refractivity contribution < 1.29 is 24.5 Å². The number of allylic oxidation sites excluding steroid dienone is 3. The highest BCUT2D eigenvalue weighted by molar-refractivity contribution is 6.06. The Balaban J connectivity index is 0.922. The highest BCUT2D eigenvalue weighted by Crippen LogP contribution is 2.45. The molecule has 0 spiro atoms. The van der Waals surface area contributed by atoms with Crippen LogP contribution in [0.4, 0.5) is 0 Å². The largest absolute Gasteiger partial charge is 0.504 e. The van der Waals surface area contributed by atoms with Gasteiger partial charge >= 0.3 is 0 Å². The van der Waals surface area contributed by atoms with E-state index in [4.69, 9.17) is 10.5 Å². The van der Waals surface area contributed by atoms with E-state index in [-0.39, 0.29) is 35.7 Å². The molecule has 1 saturated heterocycles. The first-order valence-electron chi connectivity index (χ1n) is 22.3. The third-order valence-corrected chi connectivity index (χ3v) is 13.2. The monoisotopic (exact) mass is 812 g/mol. The van der Waals surface area contributed by atoms with Crippen molar-refractivity contribution in [1.82, 2.24) is 16.0 Å². The third-order valence-electron chi connectivity index (χ3n) is 13.2. The van der Waals surface area contributed by atoms with Crippen molar-refractivity contribution in [3.63, 3.8) is 0 Å². The summed E-state index contributed by atoms with van der Waals surface area (Å²) in [5, 5.41) is 31.0. The summed E-state index contributed by atoms with van der Waals surface area (Å²) in [6, 6.07) is 23.1. The number of carbonyl (C=O) groups is 2. The van der Waals surface area contributed by atoms with Crippen LogP contribution >= 0.6 is 0 Å².